The minimum atomic E-state index is -0.670. The molecule has 0 radical (unpaired) electrons. The van der Waals surface area contributed by atoms with Gasteiger partial charge in [0, 0.05) is 24.0 Å². The molecule has 3 rings (SSSR count). The van der Waals surface area contributed by atoms with Gasteiger partial charge >= 0.3 is 5.69 Å². The molecule has 3 aromatic rings. The molecule has 10 heteroatoms. The quantitative estimate of drug-likeness (QED) is 0.558. The summed E-state index contributed by atoms with van der Waals surface area (Å²) in [5, 5.41) is 4.68. The van der Waals surface area contributed by atoms with Crippen LogP contribution in [0.15, 0.2) is 26.4 Å². The van der Waals surface area contributed by atoms with Crippen LogP contribution in [0.2, 0.25) is 0 Å². The number of anilines is 2. The summed E-state index contributed by atoms with van der Waals surface area (Å²) in [5.41, 5.74) is 6.59. The molecule has 0 aliphatic heterocycles. The average Bonchev–Trinajstić information content (AvgIpc) is 3.32. The summed E-state index contributed by atoms with van der Waals surface area (Å²) in [6.45, 7) is 10.2. The first-order valence-corrected chi connectivity index (χ1v) is 11.8. The van der Waals surface area contributed by atoms with Crippen LogP contribution in [0.4, 0.5) is 11.5 Å². The zero-order valence-corrected chi connectivity index (χ0v) is 19.9. The van der Waals surface area contributed by atoms with Gasteiger partial charge in [0.15, 0.2) is 5.69 Å². The van der Waals surface area contributed by atoms with E-state index in [2.05, 4.69) is 9.97 Å². The van der Waals surface area contributed by atoms with Gasteiger partial charge in [-0.1, -0.05) is 27.7 Å². The standard InChI is InChI=1S/C21H27N5O3S2/c1-11(2)8-25(15-17(22)26(9-12(3)4)21(29)24-18(15)27)20(28)16-13(5)23-19(31-16)14-6-7-30-10-14/h6-7,10-12H,8-9,22H2,1-5H3,(H,24,27,29). The van der Waals surface area contributed by atoms with Crippen LogP contribution >= 0.6 is 22.7 Å². The summed E-state index contributed by atoms with van der Waals surface area (Å²) < 4.78 is 1.32. The zero-order valence-electron chi connectivity index (χ0n) is 18.3. The fourth-order valence-corrected chi connectivity index (χ4v) is 4.98. The van der Waals surface area contributed by atoms with Gasteiger partial charge in [-0.15, -0.1) is 11.3 Å². The summed E-state index contributed by atoms with van der Waals surface area (Å²) in [4.78, 5) is 47.4. The van der Waals surface area contributed by atoms with E-state index in [1.165, 1.54) is 20.8 Å². The van der Waals surface area contributed by atoms with Crippen molar-refractivity contribution in [2.75, 3.05) is 17.2 Å². The Morgan fingerprint density at radius 2 is 1.97 bits per heavy atom. The number of nitrogens with two attached hydrogens (primary N) is 1. The number of nitrogens with zero attached hydrogens (tertiary/aromatic N) is 3. The van der Waals surface area contributed by atoms with Crippen LogP contribution in [0.1, 0.15) is 43.1 Å². The van der Waals surface area contributed by atoms with Crippen molar-refractivity contribution in [3.05, 3.63) is 48.2 Å². The highest BCUT2D eigenvalue weighted by atomic mass is 32.1. The molecule has 0 spiro atoms. The fourth-order valence-electron chi connectivity index (χ4n) is 3.25. The van der Waals surface area contributed by atoms with Crippen LogP contribution in [0.3, 0.4) is 0 Å². The third-order valence-electron chi connectivity index (χ3n) is 4.58. The van der Waals surface area contributed by atoms with E-state index in [0.29, 0.717) is 17.1 Å². The molecule has 0 unspecified atom stereocenters. The Bertz CT molecular complexity index is 1190. The highest BCUT2D eigenvalue weighted by Crippen LogP contribution is 2.31. The van der Waals surface area contributed by atoms with Crippen LogP contribution < -0.4 is 21.9 Å². The number of thiophene rings is 1. The lowest BCUT2D eigenvalue weighted by molar-refractivity contribution is 0.0986. The molecule has 0 bridgehead atoms. The van der Waals surface area contributed by atoms with E-state index >= 15 is 0 Å². The highest BCUT2D eigenvalue weighted by molar-refractivity contribution is 7.17. The molecule has 0 saturated heterocycles. The molecule has 31 heavy (non-hydrogen) atoms. The molecule has 1 amide bonds. The zero-order chi connectivity index (χ0) is 22.9. The molecule has 8 nitrogen and oxygen atoms in total. The van der Waals surface area contributed by atoms with Gasteiger partial charge in [-0.2, -0.15) is 11.3 Å². The van der Waals surface area contributed by atoms with E-state index < -0.39 is 11.2 Å². The number of aromatic amines is 1. The number of nitrogen functional groups attached to an aromatic ring is 1. The minimum absolute atomic E-state index is 0.00308. The van der Waals surface area contributed by atoms with Crippen molar-refractivity contribution < 1.29 is 4.79 Å². The van der Waals surface area contributed by atoms with Gasteiger partial charge in [-0.05, 0) is 30.2 Å². The van der Waals surface area contributed by atoms with Gasteiger partial charge in [0.25, 0.3) is 11.5 Å². The molecule has 166 valence electrons. The molecule has 0 saturated carbocycles. The first kappa shape index (κ1) is 23.0. The Morgan fingerprint density at radius 3 is 2.55 bits per heavy atom. The van der Waals surface area contributed by atoms with Gasteiger partial charge in [0.2, 0.25) is 0 Å². The number of thiazole rings is 1. The van der Waals surface area contributed by atoms with E-state index in [1.807, 2.05) is 44.5 Å². The van der Waals surface area contributed by atoms with Crippen molar-refractivity contribution in [2.45, 2.75) is 41.2 Å². The molecule has 0 aliphatic carbocycles. The van der Waals surface area contributed by atoms with Gasteiger partial charge in [-0.25, -0.2) is 9.78 Å². The number of hydrogen-bond donors (Lipinski definition) is 2. The Hall–Kier alpha value is -2.72. The Labute approximate surface area is 188 Å². The first-order valence-electron chi connectivity index (χ1n) is 10.0. The SMILES string of the molecule is Cc1nc(-c2ccsc2)sc1C(=O)N(CC(C)C)c1c(N)n(CC(C)C)c(=O)[nH]c1=O. The lowest BCUT2D eigenvalue weighted by Crippen LogP contribution is -2.43. The predicted octanol–water partition coefficient (Wildman–Crippen LogP) is 3.57. The number of carbonyl (C=O) groups excluding carboxylic acids is 1. The van der Waals surface area contributed by atoms with Crippen LogP contribution in [-0.2, 0) is 6.54 Å². The second-order valence-electron chi connectivity index (χ2n) is 8.25. The molecule has 0 fully saturated rings. The van der Waals surface area contributed by atoms with Gasteiger partial charge in [-0.3, -0.25) is 24.0 Å². The van der Waals surface area contributed by atoms with Crippen LogP contribution in [0, 0.1) is 18.8 Å². The third-order valence-corrected chi connectivity index (χ3v) is 6.46. The van der Waals surface area contributed by atoms with Crippen molar-refractivity contribution in [1.82, 2.24) is 14.5 Å². The molecular weight excluding hydrogens is 434 g/mol. The van der Waals surface area contributed by atoms with Gasteiger partial charge in [0.05, 0.1) is 5.69 Å². The third kappa shape index (κ3) is 4.80. The van der Waals surface area contributed by atoms with E-state index in [9.17, 15) is 14.4 Å². The highest BCUT2D eigenvalue weighted by Gasteiger charge is 2.29. The Kier molecular flexibility index (Phi) is 6.80. The number of carbonyl (C=O) groups is 1. The molecule has 0 aromatic carbocycles. The number of amides is 1. The maximum Gasteiger partial charge on any atom is 0.330 e. The monoisotopic (exact) mass is 461 g/mol. The Balaban J connectivity index is 2.13. The summed E-state index contributed by atoms with van der Waals surface area (Å²) in [6.07, 6.45) is 0. The van der Waals surface area contributed by atoms with Crippen molar-refractivity contribution in [3.63, 3.8) is 0 Å². The summed E-state index contributed by atoms with van der Waals surface area (Å²) in [5.74, 6) is -0.156. The van der Waals surface area contributed by atoms with Crippen LogP contribution in [-0.4, -0.2) is 27.0 Å². The number of hydrogen-bond acceptors (Lipinski definition) is 7. The van der Waals surface area contributed by atoms with Crippen molar-refractivity contribution >= 4 is 40.1 Å². The normalized spacial score (nSPS) is 11.5. The summed E-state index contributed by atoms with van der Waals surface area (Å²) >= 11 is 2.85. The number of nitrogens with one attached hydrogen (secondary N) is 1. The number of aromatic nitrogens is 3. The first-order chi connectivity index (χ1) is 14.6. The maximum absolute atomic E-state index is 13.6. The molecule has 3 heterocycles. The number of H-pyrrole nitrogens is 1. The largest absolute Gasteiger partial charge is 0.383 e. The minimum Gasteiger partial charge on any atom is -0.383 e. The predicted molar refractivity (Wildman–Crippen MR) is 127 cm³/mol. The lowest BCUT2D eigenvalue weighted by Gasteiger charge is -2.26. The van der Waals surface area contributed by atoms with Crippen molar-refractivity contribution in [2.24, 2.45) is 11.8 Å². The van der Waals surface area contributed by atoms with Crippen molar-refractivity contribution in [1.29, 1.82) is 0 Å². The molecular formula is C21H27N5O3S2. The van der Waals surface area contributed by atoms with Crippen molar-refractivity contribution in [3.8, 4) is 10.6 Å². The van der Waals surface area contributed by atoms with E-state index in [1.54, 1.807) is 18.3 Å². The van der Waals surface area contributed by atoms with E-state index in [4.69, 9.17) is 5.73 Å². The van der Waals surface area contributed by atoms with Crippen LogP contribution in [0.25, 0.3) is 10.6 Å². The maximum atomic E-state index is 13.6. The second-order valence-corrected chi connectivity index (χ2v) is 10.0. The van der Waals surface area contributed by atoms with E-state index in [0.717, 1.165) is 10.6 Å². The second kappa shape index (κ2) is 9.19. The summed E-state index contributed by atoms with van der Waals surface area (Å²) in [7, 11) is 0. The van der Waals surface area contributed by atoms with E-state index in [-0.39, 0.29) is 35.8 Å². The lowest BCUT2D eigenvalue weighted by atomic mass is 10.1. The number of aryl methyl sites for hydroxylation is 1. The molecule has 0 aliphatic rings. The van der Waals surface area contributed by atoms with Gasteiger partial charge < -0.3 is 5.73 Å². The smallest absolute Gasteiger partial charge is 0.330 e. The fraction of sp³-hybridized carbons (Fsp3) is 0.429. The summed E-state index contributed by atoms with van der Waals surface area (Å²) in [6, 6.07) is 1.95. The van der Waals surface area contributed by atoms with Crippen LogP contribution in [0.5, 0.6) is 0 Å². The topological polar surface area (TPSA) is 114 Å². The number of rotatable bonds is 7. The Morgan fingerprint density at radius 1 is 1.26 bits per heavy atom. The molecule has 3 aromatic heterocycles. The molecule has 3 N–H and O–H groups in total. The average molecular weight is 462 g/mol. The van der Waals surface area contributed by atoms with Gasteiger partial charge in [0.1, 0.15) is 15.7 Å². The molecule has 0 atom stereocenters.